The average molecular weight is 405 g/mol. The van der Waals surface area contributed by atoms with Gasteiger partial charge in [0.05, 0.1) is 28.8 Å². The van der Waals surface area contributed by atoms with Gasteiger partial charge in [-0.3, -0.25) is 14.5 Å². The predicted octanol–water partition coefficient (Wildman–Crippen LogP) is 4.23. The number of H-pyrrole nitrogens is 1. The molecule has 1 aliphatic rings. The molecule has 1 aromatic heterocycles. The summed E-state index contributed by atoms with van der Waals surface area (Å²) in [5.41, 5.74) is 2.21. The summed E-state index contributed by atoms with van der Waals surface area (Å²) in [5, 5.41) is 10.6. The molecule has 30 heavy (non-hydrogen) atoms. The van der Waals surface area contributed by atoms with E-state index in [4.69, 9.17) is 4.74 Å². The van der Waals surface area contributed by atoms with Gasteiger partial charge in [-0.1, -0.05) is 31.2 Å². The normalized spacial score (nSPS) is 16.7. The van der Waals surface area contributed by atoms with E-state index < -0.39 is 17.7 Å². The molecular formula is C23H23N3O4. The lowest BCUT2D eigenvalue weighted by Crippen LogP contribution is -2.31. The number of aromatic amines is 1. The highest BCUT2D eigenvalue weighted by Crippen LogP contribution is 2.41. The SMILES string of the molecule is CCC(=O)C1=C(O)C(=O)N(c2nc3ccccc3[nH]2)C1c1ccc(OC(C)C)cc1. The minimum atomic E-state index is -0.779. The molecule has 7 heteroatoms. The first kappa shape index (κ1) is 19.7. The molecule has 2 aromatic carbocycles. The summed E-state index contributed by atoms with van der Waals surface area (Å²) in [7, 11) is 0. The van der Waals surface area contributed by atoms with Gasteiger partial charge in [0.25, 0.3) is 5.91 Å². The number of imidazole rings is 1. The van der Waals surface area contributed by atoms with Crippen molar-refractivity contribution in [1.29, 1.82) is 0 Å². The molecular weight excluding hydrogens is 382 g/mol. The number of aliphatic hydroxyl groups is 1. The fourth-order valence-electron chi connectivity index (χ4n) is 3.67. The third kappa shape index (κ3) is 3.32. The molecule has 1 aliphatic heterocycles. The Balaban J connectivity index is 1.82. The van der Waals surface area contributed by atoms with Crippen LogP contribution in [0, 0.1) is 0 Å². The number of fused-ring (bicyclic) bond motifs is 1. The van der Waals surface area contributed by atoms with Crippen LogP contribution in [0.5, 0.6) is 5.75 Å². The number of hydrogen-bond acceptors (Lipinski definition) is 5. The van der Waals surface area contributed by atoms with Crippen molar-refractivity contribution in [3.8, 4) is 5.75 Å². The number of carbonyl (C=O) groups is 2. The number of hydrogen-bond donors (Lipinski definition) is 2. The van der Waals surface area contributed by atoms with E-state index >= 15 is 0 Å². The highest BCUT2D eigenvalue weighted by molar-refractivity contribution is 6.16. The van der Waals surface area contributed by atoms with Gasteiger partial charge in [-0.05, 0) is 43.7 Å². The van der Waals surface area contributed by atoms with Crippen molar-refractivity contribution < 1.29 is 19.4 Å². The lowest BCUT2D eigenvalue weighted by Gasteiger charge is -2.24. The lowest BCUT2D eigenvalue weighted by molar-refractivity contribution is -0.118. The summed E-state index contributed by atoms with van der Waals surface area (Å²) in [6, 6.07) is 13.8. The number of rotatable bonds is 6. The third-order valence-electron chi connectivity index (χ3n) is 5.00. The second-order valence-corrected chi connectivity index (χ2v) is 7.43. The maximum absolute atomic E-state index is 13.0. The number of ketones is 1. The van der Waals surface area contributed by atoms with Crippen molar-refractivity contribution in [3.05, 3.63) is 65.4 Å². The van der Waals surface area contributed by atoms with Gasteiger partial charge in [0.1, 0.15) is 5.75 Å². The zero-order valence-electron chi connectivity index (χ0n) is 17.0. The molecule has 154 valence electrons. The van der Waals surface area contributed by atoms with E-state index in [1.54, 1.807) is 31.2 Å². The van der Waals surface area contributed by atoms with Gasteiger partial charge in [-0.2, -0.15) is 0 Å². The number of nitrogens with one attached hydrogen (secondary N) is 1. The van der Waals surface area contributed by atoms with Crippen molar-refractivity contribution in [2.75, 3.05) is 4.90 Å². The summed E-state index contributed by atoms with van der Waals surface area (Å²) >= 11 is 0. The van der Waals surface area contributed by atoms with Gasteiger partial charge in [0, 0.05) is 6.42 Å². The number of ether oxygens (including phenoxy) is 1. The van der Waals surface area contributed by atoms with Gasteiger partial charge in [0.15, 0.2) is 11.5 Å². The van der Waals surface area contributed by atoms with Crippen LogP contribution in [0.1, 0.15) is 38.8 Å². The number of nitrogens with zero attached hydrogens (tertiary/aromatic N) is 2. The highest BCUT2D eigenvalue weighted by atomic mass is 16.5. The Morgan fingerprint density at radius 3 is 2.53 bits per heavy atom. The fraction of sp³-hybridized carbons (Fsp3) is 0.261. The third-order valence-corrected chi connectivity index (χ3v) is 5.00. The number of amides is 1. The van der Waals surface area contributed by atoms with Crippen molar-refractivity contribution >= 4 is 28.7 Å². The first-order valence-corrected chi connectivity index (χ1v) is 9.92. The van der Waals surface area contributed by atoms with Crippen LogP contribution in [-0.2, 0) is 9.59 Å². The maximum atomic E-state index is 13.0. The molecule has 0 fully saturated rings. The zero-order valence-corrected chi connectivity index (χ0v) is 17.0. The van der Waals surface area contributed by atoms with E-state index in [0.717, 1.165) is 5.52 Å². The van der Waals surface area contributed by atoms with Gasteiger partial charge in [-0.25, -0.2) is 4.98 Å². The first-order chi connectivity index (χ1) is 14.4. The number of Topliss-reactive ketones (excluding diaryl/α,β-unsaturated/α-hetero) is 1. The van der Waals surface area contributed by atoms with Crippen LogP contribution >= 0.6 is 0 Å². The van der Waals surface area contributed by atoms with E-state index in [-0.39, 0.29) is 29.8 Å². The standard InChI is InChI=1S/C23H23N3O4/c1-4-18(27)19-20(14-9-11-15(12-10-14)30-13(2)3)26(22(29)21(19)28)23-24-16-7-5-6-8-17(16)25-23/h5-13,20,28H,4H2,1-3H3,(H,24,25). The number of para-hydroxylation sites is 2. The van der Waals surface area contributed by atoms with Gasteiger partial charge in [-0.15, -0.1) is 0 Å². The molecule has 1 atom stereocenters. The molecule has 4 rings (SSSR count). The molecule has 2 N–H and O–H groups in total. The first-order valence-electron chi connectivity index (χ1n) is 9.92. The van der Waals surface area contributed by atoms with E-state index in [9.17, 15) is 14.7 Å². The smallest absolute Gasteiger partial charge is 0.296 e. The second-order valence-electron chi connectivity index (χ2n) is 7.43. The molecule has 0 bridgehead atoms. The Kier molecular flexibility index (Phi) is 5.03. The van der Waals surface area contributed by atoms with Gasteiger partial charge < -0.3 is 14.8 Å². The average Bonchev–Trinajstić information content (AvgIpc) is 3.26. The van der Waals surface area contributed by atoms with Crippen LogP contribution in [0.15, 0.2) is 59.9 Å². The minimum absolute atomic E-state index is 0.0251. The van der Waals surface area contributed by atoms with Crippen LogP contribution in [0.3, 0.4) is 0 Å². The highest BCUT2D eigenvalue weighted by Gasteiger charge is 2.45. The van der Waals surface area contributed by atoms with Crippen LogP contribution in [-0.4, -0.2) is 32.9 Å². The summed E-state index contributed by atoms with van der Waals surface area (Å²) < 4.78 is 5.69. The van der Waals surface area contributed by atoms with Crippen molar-refractivity contribution in [3.63, 3.8) is 0 Å². The van der Waals surface area contributed by atoms with E-state index in [1.807, 2.05) is 38.1 Å². The molecule has 0 spiro atoms. The number of aromatic nitrogens is 2. The van der Waals surface area contributed by atoms with Gasteiger partial charge in [0.2, 0.25) is 5.95 Å². The van der Waals surface area contributed by atoms with Crippen molar-refractivity contribution in [2.45, 2.75) is 39.3 Å². The Morgan fingerprint density at radius 1 is 1.20 bits per heavy atom. The Bertz CT molecular complexity index is 1110. The molecule has 3 aromatic rings. The van der Waals surface area contributed by atoms with Gasteiger partial charge >= 0.3 is 0 Å². The second kappa shape index (κ2) is 7.67. The predicted molar refractivity (Wildman–Crippen MR) is 113 cm³/mol. The molecule has 0 aliphatic carbocycles. The topological polar surface area (TPSA) is 95.5 Å². The summed E-state index contributed by atoms with van der Waals surface area (Å²) in [5.74, 6) is -0.510. The molecule has 0 saturated carbocycles. The molecule has 0 radical (unpaired) electrons. The molecule has 1 amide bonds. The van der Waals surface area contributed by atoms with E-state index in [1.165, 1.54) is 4.90 Å². The number of anilines is 1. The number of carbonyl (C=O) groups excluding carboxylic acids is 2. The minimum Gasteiger partial charge on any atom is -0.503 e. The Morgan fingerprint density at radius 2 is 1.90 bits per heavy atom. The van der Waals surface area contributed by atoms with E-state index in [0.29, 0.717) is 16.8 Å². The molecule has 0 saturated heterocycles. The number of benzene rings is 2. The maximum Gasteiger partial charge on any atom is 0.296 e. The van der Waals surface area contributed by atoms with Crippen LogP contribution in [0.25, 0.3) is 11.0 Å². The quantitative estimate of drug-likeness (QED) is 0.640. The molecule has 7 nitrogen and oxygen atoms in total. The number of aliphatic hydroxyl groups excluding tert-OH is 1. The molecule has 2 heterocycles. The lowest BCUT2D eigenvalue weighted by atomic mass is 9.95. The summed E-state index contributed by atoms with van der Waals surface area (Å²) in [4.78, 5) is 34.6. The van der Waals surface area contributed by atoms with Crippen molar-refractivity contribution in [1.82, 2.24) is 9.97 Å². The monoisotopic (exact) mass is 405 g/mol. The largest absolute Gasteiger partial charge is 0.503 e. The summed E-state index contributed by atoms with van der Waals surface area (Å²) in [6.07, 6.45) is 0.197. The van der Waals surface area contributed by atoms with Crippen molar-refractivity contribution in [2.24, 2.45) is 0 Å². The Labute approximate surface area is 174 Å². The fourth-order valence-corrected chi connectivity index (χ4v) is 3.67. The van der Waals surface area contributed by atoms with Crippen LogP contribution in [0.4, 0.5) is 5.95 Å². The summed E-state index contributed by atoms with van der Waals surface area (Å²) in [6.45, 7) is 5.57. The van der Waals surface area contributed by atoms with Crippen LogP contribution in [0.2, 0.25) is 0 Å². The molecule has 1 unspecified atom stereocenters. The van der Waals surface area contributed by atoms with E-state index in [2.05, 4.69) is 9.97 Å². The van der Waals surface area contributed by atoms with Crippen LogP contribution < -0.4 is 9.64 Å². The Hall–Kier alpha value is -3.61. The zero-order chi connectivity index (χ0) is 21.4.